The van der Waals surface area contributed by atoms with E-state index in [4.69, 9.17) is 9.47 Å². The number of benzene rings is 1. The van der Waals surface area contributed by atoms with E-state index < -0.39 is 10.8 Å². The fourth-order valence-electron chi connectivity index (χ4n) is 1.85. The van der Waals surface area contributed by atoms with Gasteiger partial charge in [0.25, 0.3) is 0 Å². The summed E-state index contributed by atoms with van der Waals surface area (Å²) in [5, 5.41) is 3.38. The van der Waals surface area contributed by atoms with E-state index >= 15 is 0 Å². The van der Waals surface area contributed by atoms with Gasteiger partial charge in [-0.15, -0.1) is 11.8 Å². The molecule has 1 unspecified atom stereocenters. The van der Waals surface area contributed by atoms with E-state index in [1.54, 1.807) is 32.2 Å². The molecular weight excluding hydrogens is 294 g/mol. The van der Waals surface area contributed by atoms with Gasteiger partial charge in [0.05, 0.1) is 14.2 Å². The first kappa shape index (κ1) is 17.3. The largest absolute Gasteiger partial charge is 0.493 e. The molecule has 0 bridgehead atoms. The molecule has 1 N–H and O–H groups in total. The number of methoxy groups -OCH3 is 2. The minimum absolute atomic E-state index is 0.710. The third-order valence-corrected chi connectivity index (χ3v) is 4.57. The average molecular weight is 317 g/mol. The average Bonchev–Trinajstić information content (AvgIpc) is 2.45. The predicted molar refractivity (Wildman–Crippen MR) is 86.6 cm³/mol. The van der Waals surface area contributed by atoms with Crippen molar-refractivity contribution in [2.75, 3.05) is 39.0 Å². The van der Waals surface area contributed by atoms with E-state index in [0.717, 1.165) is 36.8 Å². The standard InChI is InChI=1S/C14H23NO3S2/c1-17-12-8-11(10-15-6-5-7-20(4)16)14(19-3)9-13(12)18-2/h8-9,15H,5-7,10H2,1-4H3. The zero-order valence-corrected chi connectivity index (χ0v) is 14.2. The van der Waals surface area contributed by atoms with Gasteiger partial charge < -0.3 is 14.8 Å². The molecule has 0 amide bonds. The topological polar surface area (TPSA) is 47.6 Å². The van der Waals surface area contributed by atoms with Gasteiger partial charge >= 0.3 is 0 Å². The Balaban J connectivity index is 2.66. The molecule has 1 atom stereocenters. The van der Waals surface area contributed by atoms with E-state index in [0.29, 0.717) is 0 Å². The van der Waals surface area contributed by atoms with Gasteiger partial charge in [0.2, 0.25) is 0 Å². The summed E-state index contributed by atoms with van der Waals surface area (Å²) in [6.07, 6.45) is 4.70. The molecule has 1 rings (SSSR count). The van der Waals surface area contributed by atoms with Crippen LogP contribution in [0.4, 0.5) is 0 Å². The van der Waals surface area contributed by atoms with Crippen molar-refractivity contribution in [1.82, 2.24) is 5.32 Å². The Hall–Kier alpha value is -0.720. The van der Waals surface area contributed by atoms with Gasteiger partial charge in [-0.3, -0.25) is 4.21 Å². The quantitative estimate of drug-likeness (QED) is 0.559. The zero-order valence-electron chi connectivity index (χ0n) is 12.5. The number of thioether (sulfide) groups is 1. The lowest BCUT2D eigenvalue weighted by molar-refractivity contribution is 0.353. The molecule has 0 spiro atoms. The van der Waals surface area contributed by atoms with Gasteiger partial charge in [-0.1, -0.05) is 0 Å². The summed E-state index contributed by atoms with van der Waals surface area (Å²) in [6, 6.07) is 4.01. The number of hydrogen-bond acceptors (Lipinski definition) is 5. The molecule has 114 valence electrons. The first-order chi connectivity index (χ1) is 9.62. The molecular formula is C14H23NO3S2. The first-order valence-corrected chi connectivity index (χ1v) is 9.37. The Morgan fingerprint density at radius 1 is 1.25 bits per heavy atom. The molecule has 0 saturated heterocycles. The monoisotopic (exact) mass is 317 g/mol. The van der Waals surface area contributed by atoms with Crippen molar-refractivity contribution < 1.29 is 13.7 Å². The van der Waals surface area contributed by atoms with Gasteiger partial charge in [-0.25, -0.2) is 0 Å². The smallest absolute Gasteiger partial charge is 0.161 e. The Morgan fingerprint density at radius 3 is 2.45 bits per heavy atom. The molecule has 0 radical (unpaired) electrons. The van der Waals surface area contributed by atoms with Crippen molar-refractivity contribution in [3.8, 4) is 11.5 Å². The van der Waals surface area contributed by atoms with Crippen LogP contribution in [-0.2, 0) is 17.3 Å². The van der Waals surface area contributed by atoms with Crippen molar-refractivity contribution in [1.29, 1.82) is 0 Å². The second kappa shape index (κ2) is 9.26. The Bertz CT molecular complexity index is 452. The highest BCUT2D eigenvalue weighted by Gasteiger charge is 2.10. The molecule has 0 fully saturated rings. The zero-order chi connectivity index (χ0) is 15.0. The van der Waals surface area contributed by atoms with Gasteiger partial charge in [-0.05, 0) is 36.9 Å². The Morgan fingerprint density at radius 2 is 1.90 bits per heavy atom. The molecule has 6 heteroatoms. The van der Waals surface area contributed by atoms with Crippen molar-refractivity contribution in [3.05, 3.63) is 17.7 Å². The summed E-state index contributed by atoms with van der Waals surface area (Å²) in [5.74, 6) is 2.24. The van der Waals surface area contributed by atoms with Crippen LogP contribution in [0.5, 0.6) is 11.5 Å². The van der Waals surface area contributed by atoms with Crippen LogP contribution < -0.4 is 14.8 Å². The molecule has 0 aliphatic heterocycles. The maximum atomic E-state index is 11.0. The van der Waals surface area contributed by atoms with Crippen molar-refractivity contribution >= 4 is 22.6 Å². The second-order valence-corrected chi connectivity index (χ2v) is 6.73. The maximum absolute atomic E-state index is 11.0. The third-order valence-electron chi connectivity index (χ3n) is 2.89. The highest BCUT2D eigenvalue weighted by atomic mass is 32.2. The van der Waals surface area contributed by atoms with Crippen LogP contribution in [0.25, 0.3) is 0 Å². The van der Waals surface area contributed by atoms with Gasteiger partial charge in [0.15, 0.2) is 11.5 Å². The van der Waals surface area contributed by atoms with Crippen LogP contribution in [0, 0.1) is 0 Å². The molecule has 0 aromatic heterocycles. The molecule has 4 nitrogen and oxygen atoms in total. The summed E-state index contributed by atoms with van der Waals surface area (Å²) in [5.41, 5.74) is 1.19. The normalized spacial score (nSPS) is 12.2. The lowest BCUT2D eigenvalue weighted by atomic mass is 10.2. The van der Waals surface area contributed by atoms with Crippen molar-refractivity contribution in [2.45, 2.75) is 17.9 Å². The highest BCUT2D eigenvalue weighted by Crippen LogP contribution is 2.34. The van der Waals surface area contributed by atoms with E-state index in [1.807, 2.05) is 18.4 Å². The van der Waals surface area contributed by atoms with Crippen LogP contribution in [0.2, 0.25) is 0 Å². The molecule has 20 heavy (non-hydrogen) atoms. The number of nitrogens with one attached hydrogen (secondary N) is 1. The molecule has 0 heterocycles. The van der Waals surface area contributed by atoms with Crippen molar-refractivity contribution in [3.63, 3.8) is 0 Å². The highest BCUT2D eigenvalue weighted by molar-refractivity contribution is 7.98. The molecule has 0 aliphatic carbocycles. The van der Waals surface area contributed by atoms with Gasteiger partial charge in [0, 0.05) is 34.2 Å². The lowest BCUT2D eigenvalue weighted by Gasteiger charge is -2.14. The fraction of sp³-hybridized carbons (Fsp3) is 0.571. The SMILES string of the molecule is COc1cc(CNCCCS(C)=O)c(SC)cc1OC. The summed E-state index contributed by atoms with van der Waals surface area (Å²) in [4.78, 5) is 1.18. The predicted octanol–water partition coefficient (Wildman–Crippen LogP) is 2.28. The number of rotatable bonds is 9. The second-order valence-electron chi connectivity index (χ2n) is 4.33. The number of ether oxygens (including phenoxy) is 2. The van der Waals surface area contributed by atoms with E-state index in [2.05, 4.69) is 5.32 Å². The Kier molecular flexibility index (Phi) is 8.02. The van der Waals surface area contributed by atoms with Crippen LogP contribution in [0.15, 0.2) is 17.0 Å². The summed E-state index contributed by atoms with van der Waals surface area (Å²) in [7, 11) is 2.58. The maximum Gasteiger partial charge on any atom is 0.161 e. The van der Waals surface area contributed by atoms with Gasteiger partial charge in [-0.2, -0.15) is 0 Å². The fourth-order valence-corrected chi connectivity index (χ4v) is 3.02. The third kappa shape index (κ3) is 5.34. The number of hydrogen-bond donors (Lipinski definition) is 1. The summed E-state index contributed by atoms with van der Waals surface area (Å²) < 4.78 is 21.6. The van der Waals surface area contributed by atoms with Crippen LogP contribution >= 0.6 is 11.8 Å². The van der Waals surface area contributed by atoms with Gasteiger partial charge in [0.1, 0.15) is 0 Å². The van der Waals surface area contributed by atoms with Crippen LogP contribution in [0.3, 0.4) is 0 Å². The summed E-state index contributed by atoms with van der Waals surface area (Å²) >= 11 is 1.69. The lowest BCUT2D eigenvalue weighted by Crippen LogP contribution is -2.17. The molecule has 0 saturated carbocycles. The minimum atomic E-state index is -0.710. The van der Waals surface area contributed by atoms with Crippen LogP contribution in [0.1, 0.15) is 12.0 Å². The summed E-state index contributed by atoms with van der Waals surface area (Å²) in [6.45, 7) is 1.63. The van der Waals surface area contributed by atoms with E-state index in [1.165, 1.54) is 10.5 Å². The van der Waals surface area contributed by atoms with E-state index in [9.17, 15) is 4.21 Å². The first-order valence-electron chi connectivity index (χ1n) is 6.42. The van der Waals surface area contributed by atoms with Crippen molar-refractivity contribution in [2.24, 2.45) is 0 Å². The molecule has 1 aromatic carbocycles. The van der Waals surface area contributed by atoms with E-state index in [-0.39, 0.29) is 0 Å². The molecule has 1 aromatic rings. The molecule has 0 aliphatic rings. The van der Waals surface area contributed by atoms with Crippen LogP contribution in [-0.4, -0.2) is 43.2 Å². The Labute approximate surface area is 128 Å². The minimum Gasteiger partial charge on any atom is -0.493 e.